The molecule has 1 aliphatic rings. The molecule has 0 unspecified atom stereocenters. The minimum atomic E-state index is -3.73. The molecule has 0 atom stereocenters. The lowest BCUT2D eigenvalue weighted by Gasteiger charge is -2.22. The molecule has 2 aromatic rings. The summed E-state index contributed by atoms with van der Waals surface area (Å²) >= 11 is 0. The lowest BCUT2D eigenvalue weighted by molar-refractivity contribution is -0.114. The number of nitrogens with one attached hydrogen (secondary N) is 1. The molecular weight excluding hydrogens is 398 g/mol. The Morgan fingerprint density at radius 2 is 1.69 bits per heavy atom. The molecule has 154 valence electrons. The van der Waals surface area contributed by atoms with E-state index in [4.69, 9.17) is 9.47 Å². The molecule has 0 saturated carbocycles. The molecule has 10 heteroatoms. The van der Waals surface area contributed by atoms with Gasteiger partial charge in [0.1, 0.15) is 6.54 Å². The lowest BCUT2D eigenvalue weighted by atomic mass is 10.2. The van der Waals surface area contributed by atoms with Crippen LogP contribution in [-0.2, 0) is 14.8 Å². The van der Waals surface area contributed by atoms with Gasteiger partial charge in [-0.2, -0.15) is 0 Å². The van der Waals surface area contributed by atoms with Crippen molar-refractivity contribution >= 4 is 33.2 Å². The normalized spacial score (nSPS) is 12.4. The Bertz CT molecular complexity index is 1030. The summed E-state index contributed by atoms with van der Waals surface area (Å²) < 4.78 is 35.9. The number of fused-ring (bicyclic) bond motifs is 1. The van der Waals surface area contributed by atoms with Crippen molar-refractivity contribution in [1.29, 1.82) is 0 Å². The molecule has 1 heterocycles. The van der Waals surface area contributed by atoms with Crippen molar-refractivity contribution in [3.05, 3.63) is 48.0 Å². The van der Waals surface area contributed by atoms with Crippen molar-refractivity contribution in [2.24, 2.45) is 0 Å². The number of sulfonamides is 1. The molecule has 2 amide bonds. The number of hydrogen-bond donors (Lipinski definition) is 1. The Kier molecular flexibility index (Phi) is 5.64. The Morgan fingerprint density at radius 1 is 1.03 bits per heavy atom. The van der Waals surface area contributed by atoms with E-state index in [0.29, 0.717) is 22.7 Å². The fraction of sp³-hybridized carbons (Fsp3) is 0.263. The third kappa shape index (κ3) is 4.77. The second kappa shape index (κ2) is 8.00. The molecule has 0 bridgehead atoms. The fourth-order valence-electron chi connectivity index (χ4n) is 2.73. The maximum Gasteiger partial charge on any atom is 0.253 e. The van der Waals surface area contributed by atoms with E-state index in [2.05, 4.69) is 5.32 Å². The van der Waals surface area contributed by atoms with Gasteiger partial charge >= 0.3 is 0 Å². The summed E-state index contributed by atoms with van der Waals surface area (Å²) in [6.45, 7) is -0.310. The molecule has 0 saturated heterocycles. The van der Waals surface area contributed by atoms with E-state index >= 15 is 0 Å². The van der Waals surface area contributed by atoms with Gasteiger partial charge in [-0.25, -0.2) is 8.42 Å². The quantitative estimate of drug-likeness (QED) is 0.761. The van der Waals surface area contributed by atoms with Crippen LogP contribution in [-0.4, -0.2) is 58.8 Å². The number of hydrogen-bond acceptors (Lipinski definition) is 6. The van der Waals surface area contributed by atoms with Crippen LogP contribution >= 0.6 is 0 Å². The van der Waals surface area contributed by atoms with Gasteiger partial charge < -0.3 is 19.7 Å². The van der Waals surface area contributed by atoms with Crippen molar-refractivity contribution in [3.8, 4) is 11.5 Å². The maximum absolute atomic E-state index is 12.5. The fourth-order valence-corrected chi connectivity index (χ4v) is 3.59. The number of ether oxygens (including phenoxy) is 2. The molecule has 1 N–H and O–H groups in total. The van der Waals surface area contributed by atoms with E-state index < -0.39 is 22.5 Å². The summed E-state index contributed by atoms with van der Waals surface area (Å²) in [5.41, 5.74) is 1.15. The second-order valence-corrected chi connectivity index (χ2v) is 8.54. The first-order chi connectivity index (χ1) is 13.6. The van der Waals surface area contributed by atoms with Gasteiger partial charge in [0, 0.05) is 31.4 Å². The van der Waals surface area contributed by atoms with Gasteiger partial charge in [0.05, 0.1) is 11.9 Å². The highest BCUT2D eigenvalue weighted by Crippen LogP contribution is 2.34. The van der Waals surface area contributed by atoms with Crippen LogP contribution in [0.2, 0.25) is 0 Å². The number of amides is 2. The zero-order valence-electron chi connectivity index (χ0n) is 16.2. The first kappa shape index (κ1) is 20.5. The largest absolute Gasteiger partial charge is 0.454 e. The zero-order chi connectivity index (χ0) is 21.2. The van der Waals surface area contributed by atoms with E-state index in [1.54, 1.807) is 32.3 Å². The van der Waals surface area contributed by atoms with E-state index in [1.807, 2.05) is 0 Å². The molecular formula is C19H21N3O6S. The molecule has 29 heavy (non-hydrogen) atoms. The minimum absolute atomic E-state index is 0.112. The second-order valence-electron chi connectivity index (χ2n) is 6.63. The topological polar surface area (TPSA) is 105 Å². The predicted molar refractivity (Wildman–Crippen MR) is 108 cm³/mol. The van der Waals surface area contributed by atoms with Crippen molar-refractivity contribution in [2.45, 2.75) is 0 Å². The van der Waals surface area contributed by atoms with Crippen LogP contribution in [0, 0.1) is 0 Å². The molecule has 3 rings (SSSR count). The molecule has 0 aromatic heterocycles. The Morgan fingerprint density at radius 3 is 2.31 bits per heavy atom. The van der Waals surface area contributed by atoms with Crippen molar-refractivity contribution in [3.63, 3.8) is 0 Å². The average Bonchev–Trinajstić information content (AvgIpc) is 3.12. The monoisotopic (exact) mass is 419 g/mol. The average molecular weight is 419 g/mol. The Balaban J connectivity index is 1.75. The Labute approximate surface area is 168 Å². The summed E-state index contributed by atoms with van der Waals surface area (Å²) in [7, 11) is -0.483. The van der Waals surface area contributed by atoms with Gasteiger partial charge in [-0.15, -0.1) is 0 Å². The van der Waals surface area contributed by atoms with E-state index in [9.17, 15) is 18.0 Å². The number of anilines is 2. The van der Waals surface area contributed by atoms with Crippen molar-refractivity contribution < 1.29 is 27.5 Å². The highest BCUT2D eigenvalue weighted by atomic mass is 32.2. The summed E-state index contributed by atoms with van der Waals surface area (Å²) in [5, 5.41) is 2.65. The third-order valence-electron chi connectivity index (χ3n) is 4.15. The maximum atomic E-state index is 12.5. The van der Waals surface area contributed by atoms with E-state index in [1.165, 1.54) is 29.2 Å². The summed E-state index contributed by atoms with van der Waals surface area (Å²) in [5.74, 6) is 0.350. The smallest absolute Gasteiger partial charge is 0.253 e. The van der Waals surface area contributed by atoms with Crippen molar-refractivity contribution in [1.82, 2.24) is 4.90 Å². The number of carbonyl (C=O) groups is 2. The predicted octanol–water partition coefficient (Wildman–Crippen LogP) is 1.52. The summed E-state index contributed by atoms with van der Waals surface area (Å²) in [6.07, 6.45) is 1.01. The van der Waals surface area contributed by atoms with Gasteiger partial charge in [0.25, 0.3) is 5.91 Å². The highest BCUT2D eigenvalue weighted by Gasteiger charge is 2.22. The van der Waals surface area contributed by atoms with Crippen LogP contribution in [0.15, 0.2) is 42.5 Å². The standard InChI is InChI=1S/C19H21N3O6S/c1-21(2)19(24)13-4-7-15(8-5-13)22(29(3,25)26)11-18(23)20-14-6-9-16-17(10-14)28-12-27-16/h4-10H,11-12H2,1-3H3,(H,20,23). The van der Waals surface area contributed by atoms with Crippen LogP contribution in [0.5, 0.6) is 11.5 Å². The number of rotatable bonds is 6. The van der Waals surface area contributed by atoms with Crippen molar-refractivity contribution in [2.75, 3.05) is 43.3 Å². The first-order valence-electron chi connectivity index (χ1n) is 8.64. The number of benzene rings is 2. The Hall–Kier alpha value is -3.27. The van der Waals surface area contributed by atoms with Crippen LogP contribution in [0.1, 0.15) is 10.4 Å². The van der Waals surface area contributed by atoms with Gasteiger partial charge in [0.2, 0.25) is 22.7 Å². The molecule has 1 aliphatic heterocycles. The molecule has 0 aliphatic carbocycles. The zero-order valence-corrected chi connectivity index (χ0v) is 17.0. The first-order valence-corrected chi connectivity index (χ1v) is 10.5. The molecule has 0 radical (unpaired) electrons. The van der Waals surface area contributed by atoms with E-state index in [-0.39, 0.29) is 18.4 Å². The molecule has 9 nitrogen and oxygen atoms in total. The van der Waals surface area contributed by atoms with Crippen LogP contribution in [0.3, 0.4) is 0 Å². The molecule has 2 aromatic carbocycles. The number of carbonyl (C=O) groups excluding carboxylic acids is 2. The highest BCUT2D eigenvalue weighted by molar-refractivity contribution is 7.92. The number of nitrogens with zero attached hydrogens (tertiary/aromatic N) is 2. The third-order valence-corrected chi connectivity index (χ3v) is 5.29. The van der Waals surface area contributed by atoms with Crippen LogP contribution in [0.25, 0.3) is 0 Å². The van der Waals surface area contributed by atoms with Crippen LogP contribution < -0.4 is 19.1 Å². The van der Waals surface area contributed by atoms with Gasteiger partial charge in [-0.1, -0.05) is 0 Å². The molecule has 0 fully saturated rings. The minimum Gasteiger partial charge on any atom is -0.454 e. The molecule has 0 spiro atoms. The summed E-state index contributed by atoms with van der Waals surface area (Å²) in [4.78, 5) is 25.9. The van der Waals surface area contributed by atoms with Crippen LogP contribution in [0.4, 0.5) is 11.4 Å². The van der Waals surface area contributed by atoms with Gasteiger partial charge in [-0.05, 0) is 36.4 Å². The summed E-state index contributed by atoms with van der Waals surface area (Å²) in [6, 6.07) is 10.9. The van der Waals surface area contributed by atoms with Gasteiger partial charge in [0.15, 0.2) is 11.5 Å². The van der Waals surface area contributed by atoms with E-state index in [0.717, 1.165) is 10.6 Å². The lowest BCUT2D eigenvalue weighted by Crippen LogP contribution is -2.37. The SMILES string of the molecule is CN(C)C(=O)c1ccc(N(CC(=O)Nc2ccc3c(c2)OCO3)S(C)(=O)=O)cc1. The van der Waals surface area contributed by atoms with Gasteiger partial charge in [-0.3, -0.25) is 13.9 Å².